The van der Waals surface area contributed by atoms with E-state index < -0.39 is 12.7 Å². The second-order valence-electron chi connectivity index (χ2n) is 10.2. The van der Waals surface area contributed by atoms with Gasteiger partial charge in [-0.05, 0) is 50.0 Å². The van der Waals surface area contributed by atoms with Crippen molar-refractivity contribution in [2.24, 2.45) is 5.92 Å². The van der Waals surface area contributed by atoms with Gasteiger partial charge in [-0.1, -0.05) is 12.7 Å². The topological polar surface area (TPSA) is 54.0 Å². The molecule has 0 spiro atoms. The minimum atomic E-state index is -4.19. The van der Waals surface area contributed by atoms with Gasteiger partial charge in [0, 0.05) is 62.0 Å². The smallest absolute Gasteiger partial charge is 0.401 e. The Morgan fingerprint density at radius 2 is 1.70 bits per heavy atom. The van der Waals surface area contributed by atoms with Crippen molar-refractivity contribution in [2.45, 2.75) is 19.0 Å². The van der Waals surface area contributed by atoms with Crippen LogP contribution in [0.15, 0.2) is 61.4 Å². The largest absolute Gasteiger partial charge is 0.497 e. The highest BCUT2D eigenvalue weighted by atomic mass is 19.4. The molecule has 0 bridgehead atoms. The molecule has 214 valence electrons. The molecule has 1 saturated heterocycles. The monoisotopic (exact) mass is 555 g/mol. The quantitative estimate of drug-likeness (QED) is 0.278. The molecule has 40 heavy (non-hydrogen) atoms. The zero-order valence-corrected chi connectivity index (χ0v) is 23.4. The number of ether oxygens (including phenoxy) is 2. The van der Waals surface area contributed by atoms with Crippen LogP contribution in [0.5, 0.6) is 11.5 Å². The molecule has 1 aliphatic heterocycles. The van der Waals surface area contributed by atoms with Gasteiger partial charge < -0.3 is 19.3 Å². The van der Waals surface area contributed by atoms with E-state index in [1.165, 1.54) is 4.90 Å². The summed E-state index contributed by atoms with van der Waals surface area (Å²) in [5.74, 6) is 1.49. The van der Waals surface area contributed by atoms with Gasteiger partial charge in [0.25, 0.3) is 0 Å². The molecule has 1 aliphatic rings. The third-order valence-electron chi connectivity index (χ3n) is 6.95. The third kappa shape index (κ3) is 7.44. The van der Waals surface area contributed by atoms with Crippen molar-refractivity contribution in [3.05, 3.63) is 67.1 Å². The fourth-order valence-electron chi connectivity index (χ4n) is 4.96. The van der Waals surface area contributed by atoms with Crippen molar-refractivity contribution in [3.63, 3.8) is 0 Å². The molecule has 1 aromatic heterocycles. The van der Waals surface area contributed by atoms with Gasteiger partial charge in [0.1, 0.15) is 11.5 Å². The number of aromatic nitrogens is 2. The predicted molar refractivity (Wildman–Crippen MR) is 153 cm³/mol. The number of methoxy groups -OCH3 is 2. The Hall–Kier alpha value is -3.79. The van der Waals surface area contributed by atoms with Crippen LogP contribution in [0.3, 0.4) is 0 Å². The molecule has 1 fully saturated rings. The van der Waals surface area contributed by atoms with Gasteiger partial charge in [-0.15, -0.1) is 0 Å². The summed E-state index contributed by atoms with van der Waals surface area (Å²) in [6, 6.07) is 11.6. The predicted octanol–water partition coefficient (Wildman–Crippen LogP) is 6.15. The van der Waals surface area contributed by atoms with Crippen molar-refractivity contribution in [1.29, 1.82) is 0 Å². The second-order valence-corrected chi connectivity index (χ2v) is 10.2. The molecule has 4 rings (SSSR count). The highest BCUT2D eigenvalue weighted by Crippen LogP contribution is 2.36. The summed E-state index contributed by atoms with van der Waals surface area (Å²) < 4.78 is 49.8. The van der Waals surface area contributed by atoms with E-state index in [0.29, 0.717) is 49.7 Å². The number of nitrogens with zero attached hydrogens (tertiary/aromatic N) is 5. The van der Waals surface area contributed by atoms with E-state index in [4.69, 9.17) is 14.5 Å². The fraction of sp³-hybridized carbons (Fsp3) is 0.400. The lowest BCUT2D eigenvalue weighted by atomic mass is 9.95. The molecule has 0 aliphatic carbocycles. The van der Waals surface area contributed by atoms with Crippen LogP contribution in [0, 0.1) is 5.92 Å². The van der Waals surface area contributed by atoms with E-state index in [9.17, 15) is 13.2 Å². The maximum atomic E-state index is 12.9. The van der Waals surface area contributed by atoms with E-state index in [0.717, 1.165) is 28.0 Å². The third-order valence-corrected chi connectivity index (χ3v) is 6.95. The lowest BCUT2D eigenvalue weighted by molar-refractivity contribution is -0.148. The summed E-state index contributed by atoms with van der Waals surface area (Å²) in [6.07, 6.45) is 2.57. The van der Waals surface area contributed by atoms with Crippen LogP contribution in [-0.2, 0) is 0 Å². The highest BCUT2D eigenvalue weighted by molar-refractivity contribution is 5.83. The highest BCUT2D eigenvalue weighted by Gasteiger charge is 2.33. The Morgan fingerprint density at radius 1 is 1.02 bits per heavy atom. The molecule has 2 aromatic carbocycles. The van der Waals surface area contributed by atoms with E-state index in [1.807, 2.05) is 61.6 Å². The van der Waals surface area contributed by atoms with Crippen molar-refractivity contribution >= 4 is 28.0 Å². The number of hydrogen-bond acceptors (Lipinski definition) is 7. The first-order valence-electron chi connectivity index (χ1n) is 13.2. The number of allylic oxidation sites excluding steroid dienone is 2. The number of piperidine rings is 1. The zero-order valence-electron chi connectivity index (χ0n) is 23.4. The Kier molecular flexibility index (Phi) is 9.19. The molecule has 10 heteroatoms. The van der Waals surface area contributed by atoms with Gasteiger partial charge in [0.05, 0.1) is 43.7 Å². The summed E-state index contributed by atoms with van der Waals surface area (Å²) in [7, 11) is 7.07. The van der Waals surface area contributed by atoms with Gasteiger partial charge in [-0.25, -0.2) is 4.98 Å². The summed E-state index contributed by atoms with van der Waals surface area (Å²) in [6.45, 7) is 4.49. The van der Waals surface area contributed by atoms with Crippen LogP contribution in [0.1, 0.15) is 18.5 Å². The molecule has 0 unspecified atom stereocenters. The number of anilines is 2. The van der Waals surface area contributed by atoms with E-state index in [1.54, 1.807) is 26.5 Å². The van der Waals surface area contributed by atoms with Gasteiger partial charge >= 0.3 is 6.18 Å². The minimum Gasteiger partial charge on any atom is -0.497 e. The molecular weight excluding hydrogens is 519 g/mol. The number of hydrogen-bond donors (Lipinski definition) is 0. The fourth-order valence-corrected chi connectivity index (χ4v) is 4.96. The van der Waals surface area contributed by atoms with Gasteiger partial charge in [-0.3, -0.25) is 9.88 Å². The van der Waals surface area contributed by atoms with E-state index in [2.05, 4.69) is 16.5 Å². The lowest BCUT2D eigenvalue weighted by Crippen LogP contribution is -2.42. The number of rotatable bonds is 10. The second kappa shape index (κ2) is 12.6. The van der Waals surface area contributed by atoms with Crippen LogP contribution in [0.2, 0.25) is 0 Å². The van der Waals surface area contributed by atoms with Crippen molar-refractivity contribution in [1.82, 2.24) is 19.8 Å². The molecule has 0 amide bonds. The normalized spacial score (nSPS) is 15.2. The molecule has 0 atom stereocenters. The Morgan fingerprint density at radius 3 is 2.27 bits per heavy atom. The maximum absolute atomic E-state index is 12.9. The van der Waals surface area contributed by atoms with Crippen LogP contribution in [-0.4, -0.2) is 80.4 Å². The number of likely N-dealkylation sites (tertiary alicyclic amines) is 1. The van der Waals surface area contributed by atoms with Crippen LogP contribution < -0.4 is 14.4 Å². The van der Waals surface area contributed by atoms with Gasteiger partial charge in [0.15, 0.2) is 0 Å². The average molecular weight is 556 g/mol. The number of benzene rings is 2. The van der Waals surface area contributed by atoms with Crippen molar-refractivity contribution in [2.75, 3.05) is 59.4 Å². The molecular formula is C30H36F3N5O2. The zero-order chi connectivity index (χ0) is 28.9. The number of alkyl halides is 3. The standard InChI is InChI=1S/C30H36F3N5O2/c1-6-22(19-36(2)3)29-17-34-27-8-7-23(15-28(27)35-29)38(24-13-25(39-4)16-26(14-24)40-5)18-21-9-11-37(12-10-21)20-30(31,32)33/h6-8,13-17,19,21H,1,9-12,18,20H2,2-5H3/b22-19+. The SMILES string of the molecule is C=C/C(=C\N(C)C)c1cnc2ccc(N(CC3CCN(CC(F)(F)F)CC3)c3cc(OC)cc(OC)c3)cc2n1. The maximum Gasteiger partial charge on any atom is 0.401 e. The molecule has 0 radical (unpaired) electrons. The summed E-state index contributed by atoms with van der Waals surface area (Å²) in [4.78, 5) is 15.1. The Bertz CT molecular complexity index is 1330. The van der Waals surface area contributed by atoms with Crippen LogP contribution in [0.4, 0.5) is 24.5 Å². The van der Waals surface area contributed by atoms with Crippen LogP contribution in [0.25, 0.3) is 16.6 Å². The summed E-state index contributed by atoms with van der Waals surface area (Å²) in [5, 5.41) is 0. The minimum absolute atomic E-state index is 0.199. The Labute approximate surface area is 233 Å². The van der Waals surface area contributed by atoms with Gasteiger partial charge in [0.2, 0.25) is 0 Å². The van der Waals surface area contributed by atoms with E-state index >= 15 is 0 Å². The van der Waals surface area contributed by atoms with E-state index in [-0.39, 0.29) is 5.92 Å². The lowest BCUT2D eigenvalue weighted by Gasteiger charge is -2.36. The first-order chi connectivity index (χ1) is 19.1. The number of fused-ring (bicyclic) bond motifs is 1. The molecule has 2 heterocycles. The van der Waals surface area contributed by atoms with Crippen molar-refractivity contribution < 1.29 is 22.6 Å². The molecule has 7 nitrogen and oxygen atoms in total. The summed E-state index contributed by atoms with van der Waals surface area (Å²) in [5.41, 5.74) is 4.79. The summed E-state index contributed by atoms with van der Waals surface area (Å²) >= 11 is 0. The number of halogens is 3. The molecule has 0 saturated carbocycles. The van der Waals surface area contributed by atoms with Crippen molar-refractivity contribution in [3.8, 4) is 11.5 Å². The first-order valence-corrected chi connectivity index (χ1v) is 13.2. The molecule has 0 N–H and O–H groups in total. The average Bonchev–Trinajstić information content (AvgIpc) is 2.93. The molecule has 3 aromatic rings. The van der Waals surface area contributed by atoms with Crippen LogP contribution >= 0.6 is 0 Å². The first kappa shape index (κ1) is 29.2. The van der Waals surface area contributed by atoms with Gasteiger partial charge in [-0.2, -0.15) is 13.2 Å². The Balaban J connectivity index is 1.70.